The van der Waals surface area contributed by atoms with Gasteiger partial charge in [0.2, 0.25) is 0 Å². The van der Waals surface area contributed by atoms with E-state index in [0.717, 1.165) is 10.8 Å². The van der Waals surface area contributed by atoms with Crippen LogP contribution in [0.2, 0.25) is 0 Å². The van der Waals surface area contributed by atoms with Crippen LogP contribution in [0.3, 0.4) is 0 Å². The summed E-state index contributed by atoms with van der Waals surface area (Å²) in [6.45, 7) is 0.593. The highest BCUT2D eigenvalue weighted by Crippen LogP contribution is 2.20. The fraction of sp³-hybridized carbons (Fsp3) is 0.211. The largest absolute Gasteiger partial charge is 0.350 e. The highest BCUT2D eigenvalue weighted by Gasteiger charge is 2.16. The summed E-state index contributed by atoms with van der Waals surface area (Å²) < 4.78 is 0. The first kappa shape index (κ1) is 15.7. The molecule has 1 N–H and O–H groups in total. The van der Waals surface area contributed by atoms with Crippen LogP contribution in [0.4, 0.5) is 0 Å². The summed E-state index contributed by atoms with van der Waals surface area (Å²) in [6.07, 6.45) is 0. The minimum atomic E-state index is -0.0298. The summed E-state index contributed by atoms with van der Waals surface area (Å²) in [7, 11) is 4.06. The molecule has 3 rings (SSSR count). The molecule has 1 heterocycles. The van der Waals surface area contributed by atoms with Crippen molar-refractivity contribution in [3.8, 4) is 0 Å². The third kappa shape index (κ3) is 3.60. The zero-order valence-corrected chi connectivity index (χ0v) is 14.1. The summed E-state index contributed by atoms with van der Waals surface area (Å²) in [5, 5.41) is 9.49. The van der Waals surface area contributed by atoms with Crippen molar-refractivity contribution in [1.29, 1.82) is 0 Å². The van der Waals surface area contributed by atoms with Gasteiger partial charge >= 0.3 is 0 Å². The first-order chi connectivity index (χ1) is 11.1. The second kappa shape index (κ2) is 6.94. The number of benzene rings is 2. The number of hydrogen-bond donors (Lipinski definition) is 1. The molecule has 1 unspecified atom stereocenters. The van der Waals surface area contributed by atoms with Crippen molar-refractivity contribution in [2.75, 3.05) is 20.6 Å². The summed E-state index contributed by atoms with van der Waals surface area (Å²) in [6, 6.07) is 16.2. The Hall–Kier alpha value is -2.17. The molecule has 3 nitrogen and oxygen atoms in total. The topological polar surface area (TPSA) is 32.3 Å². The predicted molar refractivity (Wildman–Crippen MR) is 97.0 cm³/mol. The molecule has 0 radical (unpaired) electrons. The molecule has 4 heteroatoms. The van der Waals surface area contributed by atoms with Crippen molar-refractivity contribution in [2.45, 2.75) is 6.04 Å². The lowest BCUT2D eigenvalue weighted by Crippen LogP contribution is -2.34. The van der Waals surface area contributed by atoms with E-state index in [2.05, 4.69) is 33.1 Å². The molecule has 118 valence electrons. The molecular formula is C19H20N2OS. The second-order valence-electron chi connectivity index (χ2n) is 5.81. The Balaban J connectivity index is 1.72. The van der Waals surface area contributed by atoms with E-state index < -0.39 is 0 Å². The monoisotopic (exact) mass is 324 g/mol. The van der Waals surface area contributed by atoms with Gasteiger partial charge in [-0.25, -0.2) is 0 Å². The van der Waals surface area contributed by atoms with Gasteiger partial charge in [0.15, 0.2) is 0 Å². The normalized spacial score (nSPS) is 12.5. The lowest BCUT2D eigenvalue weighted by Gasteiger charge is -2.24. The van der Waals surface area contributed by atoms with Crippen LogP contribution >= 0.6 is 11.3 Å². The molecule has 0 fully saturated rings. The number of amides is 1. The molecule has 0 bridgehead atoms. The molecule has 0 saturated carbocycles. The average Bonchev–Trinajstić information content (AvgIpc) is 3.08. The van der Waals surface area contributed by atoms with Crippen LogP contribution in [-0.2, 0) is 0 Å². The molecule has 0 aliphatic carbocycles. The SMILES string of the molecule is CN(C)C(CNC(=O)c1ccc2ccccc2c1)c1ccsc1. The number of thiophene rings is 1. The first-order valence-corrected chi connectivity index (χ1v) is 8.55. The van der Waals surface area contributed by atoms with Gasteiger partial charge in [-0.3, -0.25) is 4.79 Å². The van der Waals surface area contributed by atoms with Crippen LogP contribution in [0, 0.1) is 0 Å². The summed E-state index contributed by atoms with van der Waals surface area (Å²) in [5.41, 5.74) is 1.94. The highest BCUT2D eigenvalue weighted by molar-refractivity contribution is 7.07. The van der Waals surface area contributed by atoms with E-state index in [1.165, 1.54) is 5.56 Å². The maximum atomic E-state index is 12.5. The Kier molecular flexibility index (Phi) is 4.74. The van der Waals surface area contributed by atoms with E-state index in [0.29, 0.717) is 12.1 Å². The Morgan fingerprint density at radius 3 is 2.61 bits per heavy atom. The zero-order chi connectivity index (χ0) is 16.2. The van der Waals surface area contributed by atoms with Gasteiger partial charge in [0.05, 0.1) is 6.04 Å². The third-order valence-electron chi connectivity index (χ3n) is 4.02. The van der Waals surface area contributed by atoms with Gasteiger partial charge in [-0.15, -0.1) is 0 Å². The number of carbonyl (C=O) groups excluding carboxylic acids is 1. The molecule has 1 amide bonds. The number of fused-ring (bicyclic) bond motifs is 1. The standard InChI is InChI=1S/C19H20N2OS/c1-21(2)18(17-9-10-23-13-17)12-20-19(22)16-8-7-14-5-3-4-6-15(14)11-16/h3-11,13,18H,12H2,1-2H3,(H,20,22). The molecule has 0 spiro atoms. The Bertz CT molecular complexity index is 796. The van der Waals surface area contributed by atoms with Crippen LogP contribution < -0.4 is 5.32 Å². The van der Waals surface area contributed by atoms with E-state index in [1.807, 2.05) is 50.5 Å². The van der Waals surface area contributed by atoms with Gasteiger partial charge in [0.25, 0.3) is 5.91 Å². The quantitative estimate of drug-likeness (QED) is 0.771. The predicted octanol–water partition coefficient (Wildman–Crippen LogP) is 3.93. The van der Waals surface area contributed by atoms with E-state index in [1.54, 1.807) is 11.3 Å². The van der Waals surface area contributed by atoms with Gasteiger partial charge in [-0.1, -0.05) is 30.3 Å². The number of nitrogens with zero attached hydrogens (tertiary/aromatic N) is 1. The number of hydrogen-bond acceptors (Lipinski definition) is 3. The highest BCUT2D eigenvalue weighted by atomic mass is 32.1. The summed E-state index contributed by atoms with van der Waals surface area (Å²) in [4.78, 5) is 14.6. The van der Waals surface area contributed by atoms with Crippen molar-refractivity contribution in [2.24, 2.45) is 0 Å². The Morgan fingerprint density at radius 2 is 1.91 bits per heavy atom. The van der Waals surface area contributed by atoms with Crippen molar-refractivity contribution in [1.82, 2.24) is 10.2 Å². The summed E-state index contributed by atoms with van der Waals surface area (Å²) in [5.74, 6) is -0.0298. The van der Waals surface area contributed by atoms with Crippen LogP contribution in [0.15, 0.2) is 59.3 Å². The minimum absolute atomic E-state index is 0.0298. The van der Waals surface area contributed by atoms with Gasteiger partial charge in [0.1, 0.15) is 0 Å². The summed E-state index contributed by atoms with van der Waals surface area (Å²) >= 11 is 1.68. The van der Waals surface area contributed by atoms with Crippen LogP contribution in [-0.4, -0.2) is 31.4 Å². The molecule has 1 aromatic heterocycles. The molecular weight excluding hydrogens is 304 g/mol. The minimum Gasteiger partial charge on any atom is -0.350 e. The molecule has 2 aromatic carbocycles. The fourth-order valence-corrected chi connectivity index (χ4v) is 3.39. The molecule has 0 aliphatic heterocycles. The number of likely N-dealkylation sites (N-methyl/N-ethyl adjacent to an activating group) is 1. The number of rotatable bonds is 5. The average molecular weight is 324 g/mol. The second-order valence-corrected chi connectivity index (χ2v) is 6.59. The van der Waals surface area contributed by atoms with Gasteiger partial charge < -0.3 is 10.2 Å². The lowest BCUT2D eigenvalue weighted by atomic mass is 10.1. The zero-order valence-electron chi connectivity index (χ0n) is 13.3. The van der Waals surface area contributed by atoms with Crippen LogP contribution in [0.1, 0.15) is 22.0 Å². The van der Waals surface area contributed by atoms with Crippen molar-refractivity contribution < 1.29 is 4.79 Å². The first-order valence-electron chi connectivity index (χ1n) is 7.60. The molecule has 23 heavy (non-hydrogen) atoms. The van der Waals surface area contributed by atoms with Gasteiger partial charge in [-0.05, 0) is 59.4 Å². The molecule has 1 atom stereocenters. The maximum Gasteiger partial charge on any atom is 0.251 e. The Morgan fingerprint density at radius 1 is 1.13 bits per heavy atom. The van der Waals surface area contributed by atoms with Gasteiger partial charge in [-0.2, -0.15) is 11.3 Å². The van der Waals surface area contributed by atoms with Crippen molar-refractivity contribution in [3.63, 3.8) is 0 Å². The van der Waals surface area contributed by atoms with Crippen molar-refractivity contribution in [3.05, 3.63) is 70.4 Å². The molecule has 0 aliphatic rings. The van der Waals surface area contributed by atoms with E-state index in [9.17, 15) is 4.79 Å². The molecule has 0 saturated heterocycles. The maximum absolute atomic E-state index is 12.5. The fourth-order valence-electron chi connectivity index (χ4n) is 2.69. The number of nitrogens with one attached hydrogen (secondary N) is 1. The third-order valence-corrected chi connectivity index (χ3v) is 4.72. The van der Waals surface area contributed by atoms with E-state index in [4.69, 9.17) is 0 Å². The Labute approximate surface area is 140 Å². The molecule has 3 aromatic rings. The smallest absolute Gasteiger partial charge is 0.251 e. The van der Waals surface area contributed by atoms with E-state index >= 15 is 0 Å². The van der Waals surface area contributed by atoms with Crippen LogP contribution in [0.5, 0.6) is 0 Å². The van der Waals surface area contributed by atoms with E-state index in [-0.39, 0.29) is 11.9 Å². The number of carbonyl (C=O) groups is 1. The van der Waals surface area contributed by atoms with Crippen LogP contribution in [0.25, 0.3) is 10.8 Å². The van der Waals surface area contributed by atoms with Crippen molar-refractivity contribution >= 4 is 28.0 Å². The lowest BCUT2D eigenvalue weighted by molar-refractivity contribution is 0.0942. The van der Waals surface area contributed by atoms with Gasteiger partial charge in [0, 0.05) is 12.1 Å².